The van der Waals surface area contributed by atoms with Gasteiger partial charge in [0, 0.05) is 31.1 Å². The molecule has 2 aliphatic carbocycles. The highest BCUT2D eigenvalue weighted by Crippen LogP contribution is 2.53. The average molecular weight is 604 g/mol. The van der Waals surface area contributed by atoms with Crippen LogP contribution in [0, 0.1) is 39.9 Å². The molecule has 0 radical (unpaired) electrons. The smallest absolute Gasteiger partial charge is 0.246 e. The van der Waals surface area contributed by atoms with Crippen molar-refractivity contribution in [3.8, 4) is 6.07 Å². The topological polar surface area (TPSA) is 123 Å². The molecule has 2 N–H and O–H groups in total. The highest BCUT2D eigenvalue weighted by atomic mass is 16.2. The van der Waals surface area contributed by atoms with Crippen molar-refractivity contribution in [3.63, 3.8) is 0 Å². The summed E-state index contributed by atoms with van der Waals surface area (Å²) in [6.45, 7) is 12.2. The van der Waals surface area contributed by atoms with Gasteiger partial charge < -0.3 is 20.4 Å². The zero-order valence-corrected chi connectivity index (χ0v) is 27.4. The van der Waals surface area contributed by atoms with Gasteiger partial charge in [-0.15, -0.1) is 0 Å². The maximum atomic E-state index is 14.4. The lowest BCUT2D eigenvalue weighted by Gasteiger charge is -2.49. The molecule has 2 unspecified atom stereocenters. The fraction of sp³-hybridized carbons (Fsp3) is 0.686. The number of benzene rings is 1. The Morgan fingerprint density at radius 3 is 2.36 bits per heavy atom. The molecule has 6 atom stereocenters. The third-order valence-corrected chi connectivity index (χ3v) is 10.7. The minimum Gasteiger partial charge on any atom is -0.344 e. The average Bonchev–Trinajstić information content (AvgIpc) is 3.47. The number of nitriles is 1. The number of hydrogen-bond acceptors (Lipinski definition) is 5. The first kappa shape index (κ1) is 32.0. The Morgan fingerprint density at radius 1 is 1.11 bits per heavy atom. The number of likely N-dealkylation sites (N-methyl/N-ethyl adjacent to an activating group) is 1. The summed E-state index contributed by atoms with van der Waals surface area (Å²) in [5.74, 6) is 0.539. The molecule has 5 rings (SSSR count). The molecule has 4 amide bonds. The lowest BCUT2D eigenvalue weighted by atomic mass is 9.56. The van der Waals surface area contributed by atoms with Crippen molar-refractivity contribution in [1.82, 2.24) is 15.1 Å². The fourth-order valence-corrected chi connectivity index (χ4v) is 9.00. The number of fused-ring (bicyclic) bond motifs is 4. The summed E-state index contributed by atoms with van der Waals surface area (Å²) in [5.41, 5.74) is -0.270. The molecule has 44 heavy (non-hydrogen) atoms. The van der Waals surface area contributed by atoms with Crippen molar-refractivity contribution in [3.05, 3.63) is 29.8 Å². The van der Waals surface area contributed by atoms with Gasteiger partial charge in [-0.3, -0.25) is 19.2 Å². The van der Waals surface area contributed by atoms with Crippen LogP contribution in [-0.2, 0) is 24.6 Å². The fourth-order valence-electron chi connectivity index (χ4n) is 9.00. The van der Waals surface area contributed by atoms with Gasteiger partial charge in [-0.25, -0.2) is 0 Å². The van der Waals surface area contributed by atoms with E-state index in [-0.39, 0.29) is 42.0 Å². The monoisotopic (exact) mass is 603 g/mol. The van der Waals surface area contributed by atoms with Gasteiger partial charge in [0.2, 0.25) is 23.6 Å². The van der Waals surface area contributed by atoms with E-state index in [2.05, 4.69) is 30.6 Å². The second-order valence-electron chi connectivity index (χ2n) is 15.8. The van der Waals surface area contributed by atoms with E-state index in [1.54, 1.807) is 14.0 Å². The molecular weight excluding hydrogens is 554 g/mol. The molecule has 4 aliphatic rings. The molecule has 238 valence electrons. The first-order chi connectivity index (χ1) is 20.6. The number of hydrogen-bond donors (Lipinski definition) is 2. The van der Waals surface area contributed by atoms with Crippen molar-refractivity contribution in [2.75, 3.05) is 18.9 Å². The minimum atomic E-state index is -1.01. The van der Waals surface area contributed by atoms with Crippen LogP contribution in [0.15, 0.2) is 24.3 Å². The number of carbonyl (C=O) groups excluding carboxylic acids is 4. The maximum absolute atomic E-state index is 14.4. The van der Waals surface area contributed by atoms with E-state index in [0.29, 0.717) is 29.9 Å². The predicted molar refractivity (Wildman–Crippen MR) is 168 cm³/mol. The Kier molecular flexibility index (Phi) is 8.37. The zero-order chi connectivity index (χ0) is 32.2. The zero-order valence-electron chi connectivity index (χ0n) is 27.4. The quantitative estimate of drug-likeness (QED) is 0.491. The summed E-state index contributed by atoms with van der Waals surface area (Å²) in [4.78, 5) is 58.4. The molecule has 1 saturated heterocycles. The van der Waals surface area contributed by atoms with Crippen molar-refractivity contribution in [2.24, 2.45) is 28.6 Å². The largest absolute Gasteiger partial charge is 0.344 e. The molecule has 1 aromatic rings. The number of amides is 4. The molecule has 1 aromatic carbocycles. The van der Waals surface area contributed by atoms with E-state index in [9.17, 15) is 24.4 Å². The van der Waals surface area contributed by atoms with Crippen LogP contribution in [0.25, 0.3) is 0 Å². The molecule has 9 nitrogen and oxygen atoms in total. The summed E-state index contributed by atoms with van der Waals surface area (Å²) in [6.07, 6.45) is 5.42. The van der Waals surface area contributed by atoms with Crippen molar-refractivity contribution in [1.29, 1.82) is 5.26 Å². The van der Waals surface area contributed by atoms with E-state index >= 15 is 0 Å². The highest BCUT2D eigenvalue weighted by Gasteiger charge is 2.57. The number of nitrogens with one attached hydrogen (secondary N) is 2. The van der Waals surface area contributed by atoms with Crippen LogP contribution in [-0.4, -0.2) is 65.1 Å². The Balaban J connectivity index is 1.36. The molecule has 1 spiro atoms. The van der Waals surface area contributed by atoms with E-state index < -0.39 is 29.0 Å². The lowest BCUT2D eigenvalue weighted by Crippen LogP contribution is -2.58. The van der Waals surface area contributed by atoms with Gasteiger partial charge in [0.05, 0.1) is 11.5 Å². The van der Waals surface area contributed by atoms with Gasteiger partial charge in [-0.2, -0.15) is 5.26 Å². The summed E-state index contributed by atoms with van der Waals surface area (Å²) in [6, 6.07) is 7.20. The predicted octanol–water partition coefficient (Wildman–Crippen LogP) is 4.62. The molecule has 0 aromatic heterocycles. The first-order valence-corrected chi connectivity index (χ1v) is 16.3. The number of para-hydroxylation sites is 1. The molecule has 2 bridgehead atoms. The van der Waals surface area contributed by atoms with Crippen LogP contribution in [0.5, 0.6) is 0 Å². The van der Waals surface area contributed by atoms with E-state index in [4.69, 9.17) is 0 Å². The Morgan fingerprint density at radius 2 is 1.75 bits per heavy atom. The van der Waals surface area contributed by atoms with Gasteiger partial charge in [0.25, 0.3) is 0 Å². The lowest BCUT2D eigenvalue weighted by molar-refractivity contribution is -0.149. The van der Waals surface area contributed by atoms with Crippen molar-refractivity contribution < 1.29 is 19.2 Å². The molecular formula is C35H49N5O4. The summed E-state index contributed by atoms with van der Waals surface area (Å²) >= 11 is 0. The van der Waals surface area contributed by atoms with E-state index in [1.165, 1.54) is 9.80 Å². The Bertz CT molecular complexity index is 1360. The third kappa shape index (κ3) is 5.73. The SMILES string of the molecule is CC1CC2CC(C)CC(C(=O)N[C@@H](C)C(=O)N(C)[C@@H](CC(C)(C)C)C(=O)N3C[C@]4(C[C@H]3C#N)C(=O)Nc3ccccc34)(C1)C2. The number of nitrogens with zero attached hydrogens (tertiary/aromatic N) is 3. The van der Waals surface area contributed by atoms with Crippen molar-refractivity contribution >= 4 is 29.3 Å². The minimum absolute atomic E-state index is 0.0505. The molecule has 3 fully saturated rings. The van der Waals surface area contributed by atoms with Crippen molar-refractivity contribution in [2.45, 2.75) is 110 Å². The number of likely N-dealkylation sites (tertiary alicyclic amines) is 1. The third-order valence-electron chi connectivity index (χ3n) is 10.7. The Labute approximate surface area is 262 Å². The summed E-state index contributed by atoms with van der Waals surface area (Å²) in [7, 11) is 1.61. The number of rotatable bonds is 6. The normalized spacial score (nSPS) is 32.3. The van der Waals surface area contributed by atoms with Gasteiger partial charge in [-0.1, -0.05) is 52.8 Å². The van der Waals surface area contributed by atoms with Crippen LogP contribution in [0.4, 0.5) is 5.69 Å². The molecule has 2 saturated carbocycles. The molecule has 2 aliphatic heterocycles. The van der Waals surface area contributed by atoms with Gasteiger partial charge in [0.1, 0.15) is 18.1 Å². The van der Waals surface area contributed by atoms with E-state index in [0.717, 1.165) is 37.7 Å². The summed E-state index contributed by atoms with van der Waals surface area (Å²) in [5, 5.41) is 16.1. The second kappa shape index (κ2) is 11.5. The van der Waals surface area contributed by atoms with Crippen LogP contribution in [0.3, 0.4) is 0 Å². The van der Waals surface area contributed by atoms with E-state index in [1.807, 2.05) is 45.0 Å². The van der Waals surface area contributed by atoms with Crippen LogP contribution < -0.4 is 10.6 Å². The maximum Gasteiger partial charge on any atom is 0.246 e. The van der Waals surface area contributed by atoms with Gasteiger partial charge in [0.15, 0.2) is 0 Å². The van der Waals surface area contributed by atoms with Crippen LogP contribution >= 0.6 is 0 Å². The first-order valence-electron chi connectivity index (χ1n) is 16.3. The second-order valence-corrected chi connectivity index (χ2v) is 15.8. The van der Waals surface area contributed by atoms with Crippen LogP contribution in [0.1, 0.15) is 92.1 Å². The molecule has 2 heterocycles. The van der Waals surface area contributed by atoms with Gasteiger partial charge in [-0.05, 0) is 80.2 Å². The standard InChI is InChI=1S/C35H49N5O4/c1-21-12-24-13-22(2)15-34(14-21,16-24)31(43)37-23(3)29(41)39(7)28(18-33(4,5)6)30(42)40-20-35(17-25(40)19-36)26-10-8-9-11-27(26)38-32(35)44/h8-11,21-25,28H,12-18,20H2,1-7H3,(H,37,43)(H,38,44)/t21?,22?,23-,24?,25-,28-,34?,35-/m0/s1. The molecule has 9 heteroatoms. The number of anilines is 1. The van der Waals surface area contributed by atoms with Gasteiger partial charge >= 0.3 is 0 Å². The van der Waals surface area contributed by atoms with Crippen LogP contribution in [0.2, 0.25) is 0 Å². The highest BCUT2D eigenvalue weighted by molar-refractivity contribution is 6.07. The number of carbonyl (C=O) groups is 4. The summed E-state index contributed by atoms with van der Waals surface area (Å²) < 4.78 is 0. The Hall–Kier alpha value is -3.41.